The van der Waals surface area contributed by atoms with E-state index in [9.17, 15) is 8.42 Å². The van der Waals surface area contributed by atoms with E-state index in [0.29, 0.717) is 31.9 Å². The molecule has 2 heterocycles. The SMILES string of the molecule is CCN(CCNC(=NC)N1CCN(S(=O)(=O)Cc2ccon2)CC1)c1cccc(C)c1.I. The number of hydrogen-bond acceptors (Lipinski definition) is 6. The highest BCUT2D eigenvalue weighted by atomic mass is 127. The Balaban J connectivity index is 0.00000363. The molecule has 3 rings (SSSR count). The molecule has 1 aliphatic heterocycles. The smallest absolute Gasteiger partial charge is 0.220 e. The molecule has 178 valence electrons. The lowest BCUT2D eigenvalue weighted by molar-refractivity contribution is 0.260. The van der Waals surface area contributed by atoms with E-state index in [1.165, 1.54) is 21.8 Å². The van der Waals surface area contributed by atoms with Crippen molar-refractivity contribution in [2.45, 2.75) is 19.6 Å². The number of halogens is 1. The Morgan fingerprint density at radius 1 is 1.25 bits per heavy atom. The van der Waals surface area contributed by atoms with Crippen molar-refractivity contribution in [3.63, 3.8) is 0 Å². The van der Waals surface area contributed by atoms with E-state index in [-0.39, 0.29) is 29.7 Å². The van der Waals surface area contributed by atoms with Crippen molar-refractivity contribution in [1.82, 2.24) is 19.7 Å². The van der Waals surface area contributed by atoms with Crippen LogP contribution in [0.15, 0.2) is 46.1 Å². The first-order valence-corrected chi connectivity index (χ1v) is 12.2. The molecule has 1 N–H and O–H groups in total. The molecule has 1 aromatic carbocycles. The zero-order valence-corrected chi connectivity index (χ0v) is 22.0. The molecule has 0 atom stereocenters. The highest BCUT2D eigenvalue weighted by molar-refractivity contribution is 14.0. The van der Waals surface area contributed by atoms with Crippen LogP contribution in [-0.4, -0.2) is 81.6 Å². The summed E-state index contributed by atoms with van der Waals surface area (Å²) in [5, 5.41) is 7.13. The van der Waals surface area contributed by atoms with E-state index in [2.05, 4.69) is 63.4 Å². The van der Waals surface area contributed by atoms with E-state index in [0.717, 1.165) is 25.6 Å². The fourth-order valence-corrected chi connectivity index (χ4v) is 5.12. The average molecular weight is 577 g/mol. The van der Waals surface area contributed by atoms with Crippen LogP contribution in [0, 0.1) is 6.92 Å². The van der Waals surface area contributed by atoms with Crippen LogP contribution in [0.4, 0.5) is 5.69 Å². The minimum atomic E-state index is -3.41. The van der Waals surface area contributed by atoms with Gasteiger partial charge < -0.3 is 19.6 Å². The molecule has 2 aromatic rings. The van der Waals surface area contributed by atoms with Gasteiger partial charge >= 0.3 is 0 Å². The Labute approximate surface area is 207 Å². The molecule has 1 aromatic heterocycles. The molecule has 0 amide bonds. The Morgan fingerprint density at radius 2 is 2.00 bits per heavy atom. The van der Waals surface area contributed by atoms with E-state index in [1.54, 1.807) is 13.1 Å². The number of sulfonamides is 1. The van der Waals surface area contributed by atoms with Crippen LogP contribution in [-0.2, 0) is 15.8 Å². The van der Waals surface area contributed by atoms with E-state index in [1.807, 2.05) is 0 Å². The second kappa shape index (κ2) is 12.4. The summed E-state index contributed by atoms with van der Waals surface area (Å²) in [5.41, 5.74) is 2.88. The number of aliphatic imine (C=N–C) groups is 1. The highest BCUT2D eigenvalue weighted by Gasteiger charge is 2.29. The number of nitrogens with zero attached hydrogens (tertiary/aromatic N) is 5. The molecule has 9 nitrogen and oxygen atoms in total. The number of anilines is 1. The summed E-state index contributed by atoms with van der Waals surface area (Å²) >= 11 is 0. The molecule has 32 heavy (non-hydrogen) atoms. The van der Waals surface area contributed by atoms with Crippen molar-refractivity contribution in [1.29, 1.82) is 0 Å². The van der Waals surface area contributed by atoms with Crippen LogP contribution in [0.1, 0.15) is 18.2 Å². The van der Waals surface area contributed by atoms with Gasteiger partial charge in [0.05, 0.1) is 5.69 Å². The molecular weight excluding hydrogens is 543 g/mol. The van der Waals surface area contributed by atoms with Crippen LogP contribution < -0.4 is 10.2 Å². The van der Waals surface area contributed by atoms with Crippen LogP contribution in [0.5, 0.6) is 0 Å². The van der Waals surface area contributed by atoms with Gasteiger partial charge in [0.2, 0.25) is 10.0 Å². The lowest BCUT2D eigenvalue weighted by atomic mass is 10.2. The minimum absolute atomic E-state index is 0. The molecule has 1 fully saturated rings. The van der Waals surface area contributed by atoms with Gasteiger partial charge in [0.1, 0.15) is 12.0 Å². The number of hydrogen-bond donors (Lipinski definition) is 1. The predicted octanol–water partition coefficient (Wildman–Crippen LogP) is 2.15. The van der Waals surface area contributed by atoms with Gasteiger partial charge in [-0.05, 0) is 31.5 Å². The summed E-state index contributed by atoms with van der Waals surface area (Å²) in [6, 6.07) is 10.1. The molecule has 11 heteroatoms. The van der Waals surface area contributed by atoms with E-state index >= 15 is 0 Å². The van der Waals surface area contributed by atoms with Gasteiger partial charge in [-0.1, -0.05) is 17.3 Å². The third-order valence-corrected chi connectivity index (χ3v) is 7.19. The summed E-state index contributed by atoms with van der Waals surface area (Å²) in [7, 11) is -1.65. The maximum atomic E-state index is 12.6. The molecule has 0 aliphatic carbocycles. The van der Waals surface area contributed by atoms with Crippen LogP contribution in [0.2, 0.25) is 0 Å². The molecule has 0 bridgehead atoms. The second-order valence-corrected chi connectivity index (χ2v) is 9.49. The number of guanidine groups is 1. The first kappa shape index (κ1) is 26.4. The Hall–Kier alpha value is -1.86. The topological polar surface area (TPSA) is 94.3 Å². The number of aryl methyl sites for hydroxylation is 1. The van der Waals surface area contributed by atoms with Gasteiger partial charge in [0.15, 0.2) is 5.96 Å². The number of aromatic nitrogens is 1. The predicted molar refractivity (Wildman–Crippen MR) is 138 cm³/mol. The van der Waals surface area contributed by atoms with Gasteiger partial charge in [-0.2, -0.15) is 4.31 Å². The lowest BCUT2D eigenvalue weighted by Gasteiger charge is -2.36. The maximum absolute atomic E-state index is 12.6. The molecule has 0 unspecified atom stereocenters. The largest absolute Gasteiger partial charge is 0.370 e. The summed E-state index contributed by atoms with van der Waals surface area (Å²) in [6.07, 6.45) is 1.39. The molecule has 1 aliphatic rings. The molecule has 1 saturated heterocycles. The molecule has 0 radical (unpaired) electrons. The van der Waals surface area contributed by atoms with Gasteiger partial charge in [-0.3, -0.25) is 4.99 Å². The average Bonchev–Trinajstić information content (AvgIpc) is 3.26. The van der Waals surface area contributed by atoms with E-state index in [4.69, 9.17) is 4.52 Å². The van der Waals surface area contributed by atoms with Crippen molar-refractivity contribution < 1.29 is 12.9 Å². The monoisotopic (exact) mass is 576 g/mol. The van der Waals surface area contributed by atoms with Gasteiger partial charge in [0.25, 0.3) is 0 Å². The Bertz CT molecular complexity index is 960. The number of likely N-dealkylation sites (N-methyl/N-ethyl adjacent to an activating group) is 1. The quantitative estimate of drug-likeness (QED) is 0.293. The summed E-state index contributed by atoms with van der Waals surface area (Å²) < 4.78 is 31.5. The normalized spacial score (nSPS) is 15.3. The van der Waals surface area contributed by atoms with Gasteiger partial charge in [-0.15, -0.1) is 24.0 Å². The maximum Gasteiger partial charge on any atom is 0.220 e. The zero-order chi connectivity index (χ0) is 22.3. The first-order valence-electron chi connectivity index (χ1n) is 10.6. The summed E-state index contributed by atoms with van der Waals surface area (Å²) in [4.78, 5) is 8.82. The Morgan fingerprint density at radius 3 is 2.59 bits per heavy atom. The fourth-order valence-electron chi connectivity index (χ4n) is 3.70. The van der Waals surface area contributed by atoms with Crippen molar-refractivity contribution in [3.05, 3.63) is 47.9 Å². The Kier molecular flexibility index (Phi) is 10.2. The van der Waals surface area contributed by atoms with Crippen molar-refractivity contribution in [2.75, 3.05) is 57.8 Å². The van der Waals surface area contributed by atoms with Crippen LogP contribution in [0.25, 0.3) is 0 Å². The number of nitrogens with one attached hydrogen (secondary N) is 1. The minimum Gasteiger partial charge on any atom is -0.370 e. The standard InChI is InChI=1S/C21H32N6O3S.HI/c1-4-25(20-7-5-6-18(2)16-20)10-9-23-21(22-3)26-11-13-27(14-12-26)31(28,29)17-19-8-15-30-24-19;/h5-8,15-16H,4,9-14,17H2,1-3H3,(H,22,23);1H. The second-order valence-electron chi connectivity index (χ2n) is 7.53. The molecule has 0 saturated carbocycles. The molecule has 0 spiro atoms. The highest BCUT2D eigenvalue weighted by Crippen LogP contribution is 2.15. The molecular formula is C21H33IN6O3S. The van der Waals surface area contributed by atoms with E-state index < -0.39 is 10.0 Å². The van der Waals surface area contributed by atoms with Gasteiger partial charge in [-0.25, -0.2) is 8.42 Å². The fraction of sp³-hybridized carbons (Fsp3) is 0.524. The first-order chi connectivity index (χ1) is 14.9. The summed E-state index contributed by atoms with van der Waals surface area (Å²) in [5.74, 6) is 0.663. The van der Waals surface area contributed by atoms with Gasteiger partial charge in [0, 0.05) is 64.6 Å². The van der Waals surface area contributed by atoms with Crippen molar-refractivity contribution in [3.8, 4) is 0 Å². The van der Waals surface area contributed by atoms with Crippen molar-refractivity contribution in [2.24, 2.45) is 4.99 Å². The third kappa shape index (κ3) is 7.07. The van der Waals surface area contributed by atoms with Crippen LogP contribution >= 0.6 is 24.0 Å². The number of rotatable bonds is 8. The lowest BCUT2D eigenvalue weighted by Crippen LogP contribution is -2.54. The summed E-state index contributed by atoms with van der Waals surface area (Å²) in [6.45, 7) is 8.80. The zero-order valence-electron chi connectivity index (χ0n) is 18.9. The number of piperazine rings is 1. The number of benzene rings is 1. The van der Waals surface area contributed by atoms with Crippen molar-refractivity contribution >= 4 is 45.6 Å². The van der Waals surface area contributed by atoms with Crippen LogP contribution in [0.3, 0.4) is 0 Å². The third-order valence-electron chi connectivity index (χ3n) is 5.38.